The van der Waals surface area contributed by atoms with Gasteiger partial charge in [-0.2, -0.15) is 5.10 Å². The van der Waals surface area contributed by atoms with Gasteiger partial charge in [0.25, 0.3) is 5.91 Å². The maximum atomic E-state index is 13.5. The highest BCUT2D eigenvalue weighted by Gasteiger charge is 2.26. The first-order chi connectivity index (χ1) is 17.0. The van der Waals surface area contributed by atoms with Gasteiger partial charge in [0, 0.05) is 31.5 Å². The lowest BCUT2D eigenvalue weighted by Gasteiger charge is -2.22. The molecule has 2 aromatic heterocycles. The van der Waals surface area contributed by atoms with E-state index in [0.717, 1.165) is 36.2 Å². The number of pyridine rings is 1. The molecule has 35 heavy (non-hydrogen) atoms. The summed E-state index contributed by atoms with van der Waals surface area (Å²) in [5, 5.41) is 7.61. The van der Waals surface area contributed by atoms with E-state index in [1.54, 1.807) is 43.3 Å². The van der Waals surface area contributed by atoms with Crippen LogP contribution in [0, 0.1) is 5.82 Å². The Morgan fingerprint density at radius 1 is 1.17 bits per heavy atom. The van der Waals surface area contributed by atoms with Gasteiger partial charge in [0.2, 0.25) is 0 Å². The maximum absolute atomic E-state index is 13.5. The van der Waals surface area contributed by atoms with E-state index in [9.17, 15) is 9.18 Å². The zero-order chi connectivity index (χ0) is 24.5. The highest BCUT2D eigenvalue weighted by atomic mass is 32.2. The molecule has 1 amide bonds. The predicted molar refractivity (Wildman–Crippen MR) is 139 cm³/mol. The second kappa shape index (κ2) is 9.62. The molecule has 4 aromatic rings. The molecular weight excluding hydrogens is 463 g/mol. The Morgan fingerprint density at radius 2 is 1.97 bits per heavy atom. The van der Waals surface area contributed by atoms with Crippen LogP contribution in [-0.2, 0) is 0 Å². The fourth-order valence-corrected chi connectivity index (χ4v) is 5.26. The molecule has 0 saturated carbocycles. The summed E-state index contributed by atoms with van der Waals surface area (Å²) in [6.45, 7) is 3.22. The van der Waals surface area contributed by atoms with E-state index in [0.29, 0.717) is 28.7 Å². The molecule has 0 spiro atoms. The third kappa shape index (κ3) is 4.46. The number of fused-ring (bicyclic) bond motifs is 2. The van der Waals surface area contributed by atoms with E-state index >= 15 is 0 Å². The van der Waals surface area contributed by atoms with Gasteiger partial charge < -0.3 is 14.4 Å². The van der Waals surface area contributed by atoms with Gasteiger partial charge in [0.1, 0.15) is 23.0 Å². The van der Waals surface area contributed by atoms with Crippen molar-refractivity contribution in [3.63, 3.8) is 0 Å². The van der Waals surface area contributed by atoms with E-state index in [-0.39, 0.29) is 11.7 Å². The minimum absolute atomic E-state index is 0.182. The van der Waals surface area contributed by atoms with Crippen molar-refractivity contribution >= 4 is 29.1 Å². The minimum Gasteiger partial charge on any atom is -0.457 e. The van der Waals surface area contributed by atoms with Crippen LogP contribution in [-0.4, -0.2) is 35.4 Å². The molecule has 2 aromatic carbocycles. The Balaban J connectivity index is 1.58. The molecule has 3 heterocycles. The summed E-state index contributed by atoms with van der Waals surface area (Å²) in [5.74, 6) is 0.846. The molecule has 5 rings (SSSR count). The summed E-state index contributed by atoms with van der Waals surface area (Å²) in [5.41, 5.74) is 5.11. The van der Waals surface area contributed by atoms with E-state index in [4.69, 9.17) is 9.84 Å². The van der Waals surface area contributed by atoms with Crippen LogP contribution in [0.4, 0.5) is 10.1 Å². The second-order valence-electron chi connectivity index (χ2n) is 8.66. The molecule has 180 valence electrons. The number of carbonyl (C=O) groups excluding carboxylic acids is 1. The number of nitrogens with zero attached hydrogens (tertiary/aromatic N) is 3. The number of hydrogen-bond donors (Lipinski definition) is 1. The molecule has 0 aliphatic carbocycles. The summed E-state index contributed by atoms with van der Waals surface area (Å²) in [7, 11) is 1.63. The van der Waals surface area contributed by atoms with Gasteiger partial charge in [0.15, 0.2) is 0 Å². The largest absolute Gasteiger partial charge is 0.457 e. The second-order valence-corrected chi connectivity index (χ2v) is 9.46. The van der Waals surface area contributed by atoms with Gasteiger partial charge in [-0.25, -0.2) is 8.91 Å². The summed E-state index contributed by atoms with van der Waals surface area (Å²) in [4.78, 5) is 13.0. The number of benzene rings is 2. The van der Waals surface area contributed by atoms with Crippen LogP contribution < -0.4 is 14.4 Å². The third-order valence-electron chi connectivity index (χ3n) is 6.41. The quantitative estimate of drug-likeness (QED) is 0.334. The van der Waals surface area contributed by atoms with Gasteiger partial charge in [-0.1, -0.05) is 24.9 Å². The number of anilines is 1. The number of halogens is 1. The standard InChI is InChI=1S/C27H27FN4O2S/c1-17-6-5-13-32(35-3)24-16-31-23(15-22(17)24)25(27(33)29-2)26(30-31)18-9-11-20(12-10-18)34-21-8-4-7-19(28)14-21/h4,7-12,14-17H,5-6,13H2,1-3H3,(H,29,33). The molecular formula is C27H27FN4O2S. The SMILES string of the molecule is CNC(=O)c1c(-c2ccc(Oc3cccc(F)c3)cc2)nn2cc3c(cc12)C(C)CCCN3SC. The molecule has 1 N–H and O–H groups in total. The first kappa shape index (κ1) is 23.2. The van der Waals surface area contributed by atoms with Crippen molar-refractivity contribution in [1.82, 2.24) is 14.9 Å². The van der Waals surface area contributed by atoms with Crippen molar-refractivity contribution in [3.05, 3.63) is 77.7 Å². The Hall–Kier alpha value is -3.52. The Labute approximate surface area is 208 Å². The maximum Gasteiger partial charge on any atom is 0.255 e. The lowest BCUT2D eigenvalue weighted by molar-refractivity contribution is 0.0965. The van der Waals surface area contributed by atoms with Crippen LogP contribution in [0.5, 0.6) is 11.5 Å². The molecule has 1 unspecified atom stereocenters. The topological polar surface area (TPSA) is 58.9 Å². The molecule has 1 aliphatic rings. The van der Waals surface area contributed by atoms with E-state index in [2.05, 4.69) is 28.9 Å². The van der Waals surface area contributed by atoms with Crippen LogP contribution in [0.2, 0.25) is 0 Å². The number of aromatic nitrogens is 2. The van der Waals surface area contributed by atoms with Crippen molar-refractivity contribution in [2.24, 2.45) is 0 Å². The van der Waals surface area contributed by atoms with Gasteiger partial charge >= 0.3 is 0 Å². The molecule has 1 aliphatic heterocycles. The number of nitrogens with one attached hydrogen (secondary N) is 1. The van der Waals surface area contributed by atoms with Crippen molar-refractivity contribution in [1.29, 1.82) is 0 Å². The lowest BCUT2D eigenvalue weighted by atomic mass is 9.96. The molecule has 0 fully saturated rings. The zero-order valence-electron chi connectivity index (χ0n) is 19.9. The fourth-order valence-electron chi connectivity index (χ4n) is 4.60. The van der Waals surface area contributed by atoms with Crippen LogP contribution in [0.25, 0.3) is 16.8 Å². The highest BCUT2D eigenvalue weighted by Crippen LogP contribution is 2.39. The van der Waals surface area contributed by atoms with Crippen LogP contribution >= 0.6 is 11.9 Å². The van der Waals surface area contributed by atoms with E-state index < -0.39 is 0 Å². The molecule has 8 heteroatoms. The Bertz CT molecular complexity index is 1390. The normalized spacial score (nSPS) is 15.5. The van der Waals surface area contributed by atoms with Crippen LogP contribution in [0.15, 0.2) is 60.8 Å². The van der Waals surface area contributed by atoms with Gasteiger partial charge in [-0.05, 0) is 66.8 Å². The summed E-state index contributed by atoms with van der Waals surface area (Å²) >= 11 is 1.71. The van der Waals surface area contributed by atoms with Crippen molar-refractivity contribution in [3.8, 4) is 22.8 Å². The van der Waals surface area contributed by atoms with Gasteiger partial charge in [-0.15, -0.1) is 0 Å². The highest BCUT2D eigenvalue weighted by molar-refractivity contribution is 7.99. The number of rotatable bonds is 5. The zero-order valence-corrected chi connectivity index (χ0v) is 20.7. The number of hydrogen-bond acceptors (Lipinski definition) is 5. The van der Waals surface area contributed by atoms with Gasteiger partial charge in [0.05, 0.1) is 23.0 Å². The average Bonchev–Trinajstić information content (AvgIpc) is 3.16. The van der Waals surface area contributed by atoms with E-state index in [1.807, 2.05) is 22.8 Å². The Morgan fingerprint density at radius 3 is 2.69 bits per heavy atom. The summed E-state index contributed by atoms with van der Waals surface area (Å²) < 4.78 is 23.4. The molecule has 1 atom stereocenters. The third-order valence-corrected chi connectivity index (χ3v) is 7.23. The number of ether oxygens (including phenoxy) is 1. The molecule has 0 radical (unpaired) electrons. The monoisotopic (exact) mass is 490 g/mol. The lowest BCUT2D eigenvalue weighted by Crippen LogP contribution is -2.18. The molecule has 6 nitrogen and oxygen atoms in total. The fraction of sp³-hybridized carbons (Fsp3) is 0.259. The summed E-state index contributed by atoms with van der Waals surface area (Å²) in [6.07, 6.45) is 6.35. The first-order valence-corrected chi connectivity index (χ1v) is 12.8. The van der Waals surface area contributed by atoms with Crippen molar-refractivity contribution < 1.29 is 13.9 Å². The first-order valence-electron chi connectivity index (χ1n) is 11.6. The van der Waals surface area contributed by atoms with Crippen LogP contribution in [0.3, 0.4) is 0 Å². The van der Waals surface area contributed by atoms with Crippen molar-refractivity contribution in [2.45, 2.75) is 25.7 Å². The molecule has 0 bridgehead atoms. The molecule has 0 saturated heterocycles. The minimum atomic E-state index is -0.355. The average molecular weight is 491 g/mol. The number of carbonyl (C=O) groups is 1. The van der Waals surface area contributed by atoms with Crippen LogP contribution in [0.1, 0.15) is 41.6 Å². The predicted octanol–water partition coefficient (Wildman–Crippen LogP) is 6.27. The summed E-state index contributed by atoms with van der Waals surface area (Å²) in [6, 6.07) is 15.5. The van der Waals surface area contributed by atoms with Gasteiger partial charge in [-0.3, -0.25) is 4.79 Å². The smallest absolute Gasteiger partial charge is 0.255 e. The van der Waals surface area contributed by atoms with Crippen molar-refractivity contribution in [2.75, 3.05) is 24.2 Å². The number of amides is 1. The van der Waals surface area contributed by atoms with E-state index in [1.165, 1.54) is 17.7 Å². The Kier molecular flexibility index (Phi) is 6.38.